The number of hydrogen-bond acceptors (Lipinski definition) is 2. The highest BCUT2D eigenvalue weighted by atomic mass is 16.4. The number of aliphatic hydroxyl groups excluding tert-OH is 1. The monoisotopic (exact) mass is 298 g/mol. The van der Waals surface area contributed by atoms with Crippen LogP contribution in [0.3, 0.4) is 0 Å². The third kappa shape index (κ3) is 12.5. The number of unbranched alkanes of at least 4 members (excludes halogenated alkanes) is 11. The largest absolute Gasteiger partial charge is 0.512 e. The van der Waals surface area contributed by atoms with Gasteiger partial charge >= 0.3 is 5.97 Å². The van der Waals surface area contributed by atoms with Crippen LogP contribution in [0.2, 0.25) is 0 Å². The van der Waals surface area contributed by atoms with Crippen molar-refractivity contribution in [2.45, 2.75) is 97.3 Å². The van der Waals surface area contributed by atoms with E-state index in [9.17, 15) is 9.90 Å². The van der Waals surface area contributed by atoms with Gasteiger partial charge in [-0.25, -0.2) is 4.79 Å². The van der Waals surface area contributed by atoms with Crippen LogP contribution in [0.25, 0.3) is 0 Å². The molecule has 0 aliphatic heterocycles. The summed E-state index contributed by atoms with van der Waals surface area (Å²) in [4.78, 5) is 10.9. The number of carboxylic acids is 1. The summed E-state index contributed by atoms with van der Waals surface area (Å²) in [5.41, 5.74) is 0.169. The SMILES string of the molecule is CCCCCCCCCCCCCCC(C(=O)O)=C(C)O. The fourth-order valence-corrected chi connectivity index (χ4v) is 2.59. The van der Waals surface area contributed by atoms with Gasteiger partial charge in [0.05, 0.1) is 11.3 Å². The lowest BCUT2D eigenvalue weighted by Crippen LogP contribution is -2.03. The Morgan fingerprint density at radius 3 is 1.43 bits per heavy atom. The van der Waals surface area contributed by atoms with Gasteiger partial charge in [0.1, 0.15) is 0 Å². The Hall–Kier alpha value is -0.990. The lowest BCUT2D eigenvalue weighted by Gasteiger charge is -2.04. The van der Waals surface area contributed by atoms with Crippen molar-refractivity contribution in [2.75, 3.05) is 0 Å². The van der Waals surface area contributed by atoms with Gasteiger partial charge in [0.25, 0.3) is 0 Å². The second-order valence-electron chi connectivity index (χ2n) is 6.01. The summed E-state index contributed by atoms with van der Waals surface area (Å²) in [6.07, 6.45) is 15.7. The third-order valence-electron chi connectivity index (χ3n) is 3.98. The van der Waals surface area contributed by atoms with Gasteiger partial charge in [0, 0.05) is 0 Å². The Morgan fingerprint density at radius 2 is 1.10 bits per heavy atom. The average molecular weight is 298 g/mol. The molecule has 0 aliphatic carbocycles. The van der Waals surface area contributed by atoms with Crippen molar-refractivity contribution in [3.8, 4) is 0 Å². The third-order valence-corrected chi connectivity index (χ3v) is 3.98. The number of aliphatic hydroxyl groups is 1. The van der Waals surface area contributed by atoms with Crippen molar-refractivity contribution in [3.63, 3.8) is 0 Å². The molecule has 0 fully saturated rings. The molecule has 0 saturated carbocycles. The maximum atomic E-state index is 10.9. The molecule has 124 valence electrons. The van der Waals surface area contributed by atoms with E-state index >= 15 is 0 Å². The maximum absolute atomic E-state index is 10.9. The zero-order valence-corrected chi connectivity index (χ0v) is 14.0. The van der Waals surface area contributed by atoms with E-state index in [-0.39, 0.29) is 11.3 Å². The first-order valence-corrected chi connectivity index (χ1v) is 8.71. The predicted molar refractivity (Wildman–Crippen MR) is 88.7 cm³/mol. The van der Waals surface area contributed by atoms with Crippen molar-refractivity contribution in [1.82, 2.24) is 0 Å². The van der Waals surface area contributed by atoms with E-state index in [1.54, 1.807) is 0 Å². The zero-order chi connectivity index (χ0) is 15.9. The molecule has 0 aromatic rings. The number of carbonyl (C=O) groups is 1. The molecule has 0 heterocycles. The van der Waals surface area contributed by atoms with Crippen molar-refractivity contribution in [1.29, 1.82) is 0 Å². The number of aliphatic carboxylic acids is 1. The molecule has 0 saturated heterocycles. The van der Waals surface area contributed by atoms with Crippen LogP contribution in [0.15, 0.2) is 11.3 Å². The molecule has 21 heavy (non-hydrogen) atoms. The first-order valence-electron chi connectivity index (χ1n) is 8.71. The van der Waals surface area contributed by atoms with E-state index in [0.29, 0.717) is 6.42 Å². The van der Waals surface area contributed by atoms with Crippen molar-refractivity contribution >= 4 is 5.97 Å². The van der Waals surface area contributed by atoms with Crippen LogP contribution in [0.1, 0.15) is 97.3 Å². The molecule has 0 rings (SSSR count). The zero-order valence-electron chi connectivity index (χ0n) is 14.0. The predicted octanol–water partition coefficient (Wildman–Crippen LogP) is 5.99. The summed E-state index contributed by atoms with van der Waals surface area (Å²) in [6, 6.07) is 0. The van der Waals surface area contributed by atoms with Crippen molar-refractivity contribution < 1.29 is 15.0 Å². The van der Waals surface area contributed by atoms with Gasteiger partial charge in [0.15, 0.2) is 0 Å². The summed E-state index contributed by atoms with van der Waals surface area (Å²) in [5, 5.41) is 18.2. The quantitative estimate of drug-likeness (QED) is 0.235. The minimum Gasteiger partial charge on any atom is -0.512 e. The lowest BCUT2D eigenvalue weighted by atomic mass is 10.0. The van der Waals surface area contributed by atoms with Crippen molar-refractivity contribution in [3.05, 3.63) is 11.3 Å². The van der Waals surface area contributed by atoms with Gasteiger partial charge < -0.3 is 10.2 Å². The van der Waals surface area contributed by atoms with Gasteiger partial charge in [-0.3, -0.25) is 0 Å². The highest BCUT2D eigenvalue weighted by Gasteiger charge is 2.10. The van der Waals surface area contributed by atoms with E-state index in [1.807, 2.05) is 0 Å². The first kappa shape index (κ1) is 20.0. The van der Waals surface area contributed by atoms with Gasteiger partial charge in [0.2, 0.25) is 0 Å². The summed E-state index contributed by atoms with van der Waals surface area (Å²) in [5.74, 6) is -1.04. The van der Waals surface area contributed by atoms with Gasteiger partial charge in [-0.1, -0.05) is 77.6 Å². The summed E-state index contributed by atoms with van der Waals surface area (Å²) in [7, 11) is 0. The molecular weight excluding hydrogens is 264 g/mol. The Balaban J connectivity index is 3.33. The van der Waals surface area contributed by atoms with Crippen LogP contribution in [0.5, 0.6) is 0 Å². The first-order chi connectivity index (χ1) is 10.1. The van der Waals surface area contributed by atoms with Crippen LogP contribution in [0, 0.1) is 0 Å². The summed E-state index contributed by atoms with van der Waals surface area (Å²) in [6.45, 7) is 3.70. The fraction of sp³-hybridized carbons (Fsp3) is 0.833. The van der Waals surface area contributed by atoms with Crippen LogP contribution in [0.4, 0.5) is 0 Å². The van der Waals surface area contributed by atoms with Crippen molar-refractivity contribution in [2.24, 2.45) is 0 Å². The Labute approximate surface area is 130 Å². The Bertz CT molecular complexity index is 291. The molecule has 0 atom stereocenters. The molecule has 0 radical (unpaired) electrons. The minimum atomic E-state index is -0.988. The summed E-state index contributed by atoms with van der Waals surface area (Å²) < 4.78 is 0. The molecule has 3 nitrogen and oxygen atoms in total. The molecule has 0 amide bonds. The van der Waals surface area contributed by atoms with Crippen LogP contribution >= 0.6 is 0 Å². The molecule has 0 aromatic carbocycles. The van der Waals surface area contributed by atoms with Crippen LogP contribution < -0.4 is 0 Å². The number of hydrogen-bond donors (Lipinski definition) is 2. The van der Waals surface area contributed by atoms with Crippen LogP contribution in [-0.4, -0.2) is 16.2 Å². The molecular formula is C18H34O3. The second-order valence-corrected chi connectivity index (χ2v) is 6.01. The molecule has 0 aliphatic rings. The standard InChI is InChI=1S/C18H34O3/c1-3-4-5-6-7-8-9-10-11-12-13-14-15-17(16(2)19)18(20)21/h19H,3-15H2,1-2H3,(H,20,21). The number of rotatable bonds is 14. The average Bonchev–Trinajstić information content (AvgIpc) is 2.43. The van der Waals surface area contributed by atoms with Gasteiger partial charge in [-0.15, -0.1) is 0 Å². The molecule has 0 unspecified atom stereocenters. The topological polar surface area (TPSA) is 57.5 Å². The molecule has 2 N–H and O–H groups in total. The molecule has 0 aromatic heterocycles. The minimum absolute atomic E-state index is 0.0504. The smallest absolute Gasteiger partial charge is 0.334 e. The van der Waals surface area contributed by atoms with Crippen LogP contribution in [-0.2, 0) is 4.79 Å². The van der Waals surface area contributed by atoms with E-state index in [2.05, 4.69) is 6.92 Å². The molecule has 0 bridgehead atoms. The second kappa shape index (κ2) is 14.0. The van der Waals surface area contributed by atoms with Gasteiger partial charge in [-0.05, 0) is 19.8 Å². The van der Waals surface area contributed by atoms with E-state index in [1.165, 1.54) is 71.1 Å². The maximum Gasteiger partial charge on any atom is 0.334 e. The highest BCUT2D eigenvalue weighted by molar-refractivity contribution is 5.86. The van der Waals surface area contributed by atoms with Gasteiger partial charge in [-0.2, -0.15) is 0 Å². The lowest BCUT2D eigenvalue weighted by molar-refractivity contribution is -0.133. The Morgan fingerprint density at radius 1 is 0.714 bits per heavy atom. The normalized spacial score (nSPS) is 12.3. The molecule has 3 heteroatoms. The Kier molecular flexibility index (Phi) is 13.3. The van der Waals surface area contributed by atoms with E-state index in [4.69, 9.17) is 5.11 Å². The van der Waals surface area contributed by atoms with E-state index < -0.39 is 5.97 Å². The number of allylic oxidation sites excluding steroid dienone is 1. The molecule has 0 spiro atoms. The fourth-order valence-electron chi connectivity index (χ4n) is 2.59. The van der Waals surface area contributed by atoms with E-state index in [0.717, 1.165) is 12.8 Å². The number of carboxylic acid groups (broad SMARTS) is 1. The summed E-state index contributed by atoms with van der Waals surface area (Å²) >= 11 is 0. The highest BCUT2D eigenvalue weighted by Crippen LogP contribution is 2.15.